The van der Waals surface area contributed by atoms with Crippen molar-refractivity contribution < 1.29 is 4.74 Å². The number of anilines is 4. The zero-order valence-corrected chi connectivity index (χ0v) is 12.9. The summed E-state index contributed by atoms with van der Waals surface area (Å²) in [6, 6.07) is 14.0. The van der Waals surface area contributed by atoms with E-state index < -0.39 is 0 Å². The second-order valence-electron chi connectivity index (χ2n) is 5.14. The number of nitrogens with zero attached hydrogens (tertiary/aromatic N) is 1. The standard InChI is InChI=1S/C17H23N3O/c1-4-11-21-16-10-6-9-15(17(16)18)19-13-7-5-8-14(12-13)20(2)3/h5-10,12,19H,4,11,18H2,1-3H3. The Kier molecular flexibility index (Phi) is 4.93. The molecule has 112 valence electrons. The van der Waals surface area contributed by atoms with Crippen LogP contribution in [-0.2, 0) is 0 Å². The number of hydrogen-bond acceptors (Lipinski definition) is 4. The Morgan fingerprint density at radius 2 is 1.90 bits per heavy atom. The van der Waals surface area contributed by atoms with Crippen molar-refractivity contribution in [1.29, 1.82) is 0 Å². The quantitative estimate of drug-likeness (QED) is 0.791. The van der Waals surface area contributed by atoms with Crippen LogP contribution in [0, 0.1) is 0 Å². The largest absolute Gasteiger partial charge is 0.491 e. The second kappa shape index (κ2) is 6.88. The Balaban J connectivity index is 2.21. The van der Waals surface area contributed by atoms with Crippen LogP contribution in [0.5, 0.6) is 5.75 Å². The number of benzene rings is 2. The topological polar surface area (TPSA) is 50.5 Å². The average Bonchev–Trinajstić information content (AvgIpc) is 2.48. The van der Waals surface area contributed by atoms with Gasteiger partial charge in [0.2, 0.25) is 0 Å². The first-order valence-electron chi connectivity index (χ1n) is 7.17. The molecule has 0 heterocycles. The molecule has 2 rings (SSSR count). The molecule has 4 nitrogen and oxygen atoms in total. The first-order valence-corrected chi connectivity index (χ1v) is 7.17. The smallest absolute Gasteiger partial charge is 0.144 e. The summed E-state index contributed by atoms with van der Waals surface area (Å²) in [6.07, 6.45) is 0.960. The molecule has 0 aliphatic carbocycles. The molecule has 0 fully saturated rings. The molecule has 0 amide bonds. The van der Waals surface area contributed by atoms with E-state index in [2.05, 4.69) is 29.3 Å². The highest BCUT2D eigenvalue weighted by Gasteiger charge is 2.06. The Bertz CT molecular complexity index is 596. The van der Waals surface area contributed by atoms with E-state index in [0.717, 1.165) is 29.2 Å². The lowest BCUT2D eigenvalue weighted by Gasteiger charge is -2.16. The molecular formula is C17H23N3O. The summed E-state index contributed by atoms with van der Waals surface area (Å²) < 4.78 is 5.65. The molecule has 3 N–H and O–H groups in total. The molecule has 2 aromatic carbocycles. The highest BCUT2D eigenvalue weighted by molar-refractivity contribution is 5.78. The van der Waals surface area contributed by atoms with Crippen LogP contribution in [0.15, 0.2) is 42.5 Å². The van der Waals surface area contributed by atoms with Gasteiger partial charge in [-0.15, -0.1) is 0 Å². The molecule has 0 radical (unpaired) electrons. The number of ether oxygens (including phenoxy) is 1. The van der Waals surface area contributed by atoms with Gasteiger partial charge in [-0.05, 0) is 36.8 Å². The summed E-state index contributed by atoms with van der Waals surface area (Å²) >= 11 is 0. The number of para-hydroxylation sites is 1. The maximum Gasteiger partial charge on any atom is 0.144 e. The van der Waals surface area contributed by atoms with Gasteiger partial charge < -0.3 is 20.7 Å². The SMILES string of the molecule is CCCOc1cccc(Nc2cccc(N(C)C)c2)c1N. The van der Waals surface area contributed by atoms with Crippen molar-refractivity contribution in [3.05, 3.63) is 42.5 Å². The van der Waals surface area contributed by atoms with Gasteiger partial charge >= 0.3 is 0 Å². The molecule has 0 bridgehead atoms. The number of nitrogens with two attached hydrogens (primary N) is 1. The summed E-state index contributed by atoms with van der Waals surface area (Å²) in [6.45, 7) is 2.74. The van der Waals surface area contributed by atoms with Crippen LogP contribution >= 0.6 is 0 Å². The predicted molar refractivity (Wildman–Crippen MR) is 90.7 cm³/mol. The third-order valence-electron chi connectivity index (χ3n) is 3.17. The van der Waals surface area contributed by atoms with E-state index in [1.165, 1.54) is 0 Å². The van der Waals surface area contributed by atoms with Crippen molar-refractivity contribution in [3.63, 3.8) is 0 Å². The van der Waals surface area contributed by atoms with E-state index in [1.807, 2.05) is 44.4 Å². The Hall–Kier alpha value is -2.36. The third-order valence-corrected chi connectivity index (χ3v) is 3.17. The first-order chi connectivity index (χ1) is 10.1. The van der Waals surface area contributed by atoms with Gasteiger partial charge in [-0.3, -0.25) is 0 Å². The molecule has 0 aromatic heterocycles. The van der Waals surface area contributed by atoms with Gasteiger partial charge in [-0.2, -0.15) is 0 Å². The van der Waals surface area contributed by atoms with Gasteiger partial charge in [0, 0.05) is 25.5 Å². The maximum atomic E-state index is 6.17. The number of rotatable bonds is 6. The second-order valence-corrected chi connectivity index (χ2v) is 5.14. The van der Waals surface area contributed by atoms with Crippen LogP contribution in [0.1, 0.15) is 13.3 Å². The van der Waals surface area contributed by atoms with Gasteiger partial charge in [0.1, 0.15) is 5.75 Å². The van der Waals surface area contributed by atoms with E-state index in [1.54, 1.807) is 0 Å². The van der Waals surface area contributed by atoms with Gasteiger partial charge in [-0.25, -0.2) is 0 Å². The summed E-state index contributed by atoms with van der Waals surface area (Å²) in [5.74, 6) is 0.727. The Labute approximate surface area is 126 Å². The number of hydrogen-bond donors (Lipinski definition) is 2. The van der Waals surface area contributed by atoms with E-state index in [9.17, 15) is 0 Å². The van der Waals surface area contributed by atoms with E-state index in [4.69, 9.17) is 10.5 Å². The molecule has 0 spiro atoms. The van der Waals surface area contributed by atoms with E-state index >= 15 is 0 Å². The fourth-order valence-corrected chi connectivity index (χ4v) is 2.01. The van der Waals surface area contributed by atoms with Gasteiger partial charge in [-0.1, -0.05) is 19.1 Å². The minimum atomic E-state index is 0.640. The molecule has 4 heteroatoms. The monoisotopic (exact) mass is 285 g/mol. The zero-order valence-electron chi connectivity index (χ0n) is 12.9. The van der Waals surface area contributed by atoms with Crippen LogP contribution in [0.2, 0.25) is 0 Å². The highest BCUT2D eigenvalue weighted by atomic mass is 16.5. The molecule has 21 heavy (non-hydrogen) atoms. The van der Waals surface area contributed by atoms with Crippen LogP contribution in [-0.4, -0.2) is 20.7 Å². The van der Waals surface area contributed by atoms with E-state index in [0.29, 0.717) is 12.3 Å². The highest BCUT2D eigenvalue weighted by Crippen LogP contribution is 2.32. The van der Waals surface area contributed by atoms with Gasteiger partial charge in [0.15, 0.2) is 0 Å². The molecule has 0 aliphatic heterocycles. The van der Waals surface area contributed by atoms with Crippen molar-refractivity contribution >= 4 is 22.7 Å². The minimum absolute atomic E-state index is 0.640. The average molecular weight is 285 g/mol. The fourth-order valence-electron chi connectivity index (χ4n) is 2.01. The summed E-state index contributed by atoms with van der Waals surface area (Å²) in [4.78, 5) is 2.06. The predicted octanol–water partition coefficient (Wildman–Crippen LogP) is 3.87. The van der Waals surface area contributed by atoms with Gasteiger partial charge in [0.25, 0.3) is 0 Å². The molecule has 0 saturated heterocycles. The lowest BCUT2D eigenvalue weighted by atomic mass is 10.2. The van der Waals surface area contributed by atoms with Crippen LogP contribution in [0.4, 0.5) is 22.7 Å². The summed E-state index contributed by atoms with van der Waals surface area (Å²) in [5, 5.41) is 3.35. The normalized spacial score (nSPS) is 10.2. The molecule has 0 saturated carbocycles. The summed E-state index contributed by atoms with van der Waals surface area (Å²) in [7, 11) is 4.04. The third kappa shape index (κ3) is 3.81. The van der Waals surface area contributed by atoms with Crippen LogP contribution in [0.3, 0.4) is 0 Å². The van der Waals surface area contributed by atoms with Crippen molar-refractivity contribution in [2.45, 2.75) is 13.3 Å². The molecular weight excluding hydrogens is 262 g/mol. The zero-order chi connectivity index (χ0) is 15.2. The lowest BCUT2D eigenvalue weighted by molar-refractivity contribution is 0.319. The van der Waals surface area contributed by atoms with E-state index in [-0.39, 0.29) is 0 Å². The molecule has 2 aromatic rings. The van der Waals surface area contributed by atoms with Crippen LogP contribution in [0.25, 0.3) is 0 Å². The van der Waals surface area contributed by atoms with Crippen molar-refractivity contribution in [2.24, 2.45) is 0 Å². The number of nitrogens with one attached hydrogen (secondary N) is 1. The minimum Gasteiger partial charge on any atom is -0.491 e. The fraction of sp³-hybridized carbons (Fsp3) is 0.294. The first kappa shape index (κ1) is 15.0. The Morgan fingerprint density at radius 3 is 2.62 bits per heavy atom. The van der Waals surface area contributed by atoms with Crippen molar-refractivity contribution in [1.82, 2.24) is 0 Å². The van der Waals surface area contributed by atoms with Crippen LogP contribution < -0.4 is 20.7 Å². The summed E-state index contributed by atoms with van der Waals surface area (Å²) in [5.41, 5.74) is 9.81. The van der Waals surface area contributed by atoms with Crippen molar-refractivity contribution in [3.8, 4) is 5.75 Å². The lowest BCUT2D eigenvalue weighted by Crippen LogP contribution is -2.08. The number of nitrogen functional groups attached to an aromatic ring is 1. The molecule has 0 aliphatic rings. The Morgan fingerprint density at radius 1 is 1.14 bits per heavy atom. The molecule has 0 unspecified atom stereocenters. The van der Waals surface area contributed by atoms with Crippen molar-refractivity contribution in [2.75, 3.05) is 36.7 Å². The molecule has 0 atom stereocenters. The van der Waals surface area contributed by atoms with Gasteiger partial charge in [0.05, 0.1) is 18.0 Å². The maximum absolute atomic E-state index is 6.17.